The highest BCUT2D eigenvalue weighted by Gasteiger charge is 2.09. The second-order valence-corrected chi connectivity index (χ2v) is 7.06. The van der Waals surface area contributed by atoms with E-state index in [1.165, 1.54) is 22.3 Å². The molecule has 0 aliphatic rings. The lowest BCUT2D eigenvalue weighted by Crippen LogP contribution is -2.20. The summed E-state index contributed by atoms with van der Waals surface area (Å²) in [7, 11) is 0. The Labute approximate surface area is 163 Å². The topological polar surface area (TPSA) is 21.3 Å². The molecule has 0 aliphatic carbocycles. The first-order valence-electron chi connectivity index (χ1n) is 9.80. The molecule has 0 saturated heterocycles. The van der Waals surface area contributed by atoms with Gasteiger partial charge in [-0.15, -0.1) is 0 Å². The lowest BCUT2D eigenvalue weighted by atomic mass is 10.0. The summed E-state index contributed by atoms with van der Waals surface area (Å²) in [6.45, 7) is 5.77. The molecule has 3 aromatic rings. The number of hydrogen-bond acceptors (Lipinski definition) is 2. The van der Waals surface area contributed by atoms with Crippen LogP contribution in [0, 0.1) is 6.92 Å². The lowest BCUT2D eigenvalue weighted by Gasteiger charge is -2.19. The van der Waals surface area contributed by atoms with E-state index in [1.807, 2.05) is 6.07 Å². The van der Waals surface area contributed by atoms with E-state index < -0.39 is 0 Å². The molecule has 0 aromatic heterocycles. The monoisotopic (exact) mass is 359 g/mol. The first kappa shape index (κ1) is 19.2. The summed E-state index contributed by atoms with van der Waals surface area (Å²) < 4.78 is 6.00. The van der Waals surface area contributed by atoms with Gasteiger partial charge in [0.2, 0.25) is 0 Å². The summed E-state index contributed by atoms with van der Waals surface area (Å²) >= 11 is 0. The Balaban J connectivity index is 1.59. The molecule has 2 nitrogen and oxygen atoms in total. The zero-order valence-electron chi connectivity index (χ0n) is 16.3. The minimum absolute atomic E-state index is 0.382. The molecule has 2 heteroatoms. The molecule has 0 fully saturated rings. The van der Waals surface area contributed by atoms with Crippen molar-refractivity contribution in [1.82, 2.24) is 5.32 Å². The maximum Gasteiger partial charge on any atom is 0.120 e. The van der Waals surface area contributed by atoms with E-state index in [4.69, 9.17) is 4.74 Å². The fourth-order valence-electron chi connectivity index (χ4n) is 3.32. The van der Waals surface area contributed by atoms with Crippen molar-refractivity contribution in [1.29, 1.82) is 0 Å². The van der Waals surface area contributed by atoms with Crippen molar-refractivity contribution in [3.8, 4) is 5.75 Å². The van der Waals surface area contributed by atoms with Gasteiger partial charge in [0, 0.05) is 12.6 Å². The van der Waals surface area contributed by atoms with Crippen LogP contribution in [0.2, 0.25) is 0 Å². The highest BCUT2D eigenvalue weighted by Crippen LogP contribution is 2.20. The van der Waals surface area contributed by atoms with E-state index in [-0.39, 0.29) is 0 Å². The molecule has 1 atom stereocenters. The molecule has 0 bridgehead atoms. The predicted octanol–water partition coefficient (Wildman–Crippen LogP) is 6.21. The maximum atomic E-state index is 6.00. The van der Waals surface area contributed by atoms with Crippen molar-refractivity contribution in [3.05, 3.63) is 101 Å². The first-order valence-corrected chi connectivity index (χ1v) is 9.80. The summed E-state index contributed by atoms with van der Waals surface area (Å²) in [5.41, 5.74) is 5.06. The second kappa shape index (κ2) is 9.94. The van der Waals surface area contributed by atoms with Crippen LogP contribution in [0.5, 0.6) is 5.75 Å². The van der Waals surface area contributed by atoms with Crippen LogP contribution in [0.1, 0.15) is 48.1 Å². The normalized spacial score (nSPS) is 11.9. The van der Waals surface area contributed by atoms with Gasteiger partial charge < -0.3 is 10.1 Å². The van der Waals surface area contributed by atoms with Crippen molar-refractivity contribution in [2.24, 2.45) is 0 Å². The quantitative estimate of drug-likeness (QED) is 0.491. The fourth-order valence-corrected chi connectivity index (χ4v) is 3.32. The van der Waals surface area contributed by atoms with Crippen LogP contribution < -0.4 is 10.1 Å². The number of nitrogens with one attached hydrogen (secondary N) is 1. The van der Waals surface area contributed by atoms with Crippen molar-refractivity contribution in [2.75, 3.05) is 0 Å². The SMILES string of the molecule is CCCC(NCc1cccc(OCc2cccc(C)c2)c1)c1ccccc1. The van der Waals surface area contributed by atoms with Gasteiger partial charge in [0.25, 0.3) is 0 Å². The zero-order valence-corrected chi connectivity index (χ0v) is 16.3. The van der Waals surface area contributed by atoms with Crippen LogP contribution in [-0.2, 0) is 13.2 Å². The number of aryl methyl sites for hydroxylation is 1. The van der Waals surface area contributed by atoms with Gasteiger partial charge in [-0.3, -0.25) is 0 Å². The molecule has 27 heavy (non-hydrogen) atoms. The number of rotatable bonds is 9. The lowest BCUT2D eigenvalue weighted by molar-refractivity contribution is 0.305. The van der Waals surface area contributed by atoms with Gasteiger partial charge in [-0.1, -0.05) is 85.6 Å². The molecule has 0 saturated carbocycles. The molecule has 0 amide bonds. The molecule has 140 valence electrons. The average molecular weight is 360 g/mol. The first-order chi connectivity index (χ1) is 13.2. The van der Waals surface area contributed by atoms with E-state index in [1.54, 1.807) is 0 Å². The largest absolute Gasteiger partial charge is 0.489 e. The zero-order chi connectivity index (χ0) is 18.9. The van der Waals surface area contributed by atoms with Gasteiger partial charge in [0.15, 0.2) is 0 Å². The van der Waals surface area contributed by atoms with E-state index >= 15 is 0 Å². The summed E-state index contributed by atoms with van der Waals surface area (Å²) in [5, 5.41) is 3.71. The predicted molar refractivity (Wildman–Crippen MR) is 113 cm³/mol. The smallest absolute Gasteiger partial charge is 0.120 e. The average Bonchev–Trinajstić information content (AvgIpc) is 2.71. The molecule has 0 heterocycles. The second-order valence-electron chi connectivity index (χ2n) is 7.06. The minimum Gasteiger partial charge on any atom is -0.489 e. The Morgan fingerprint density at radius 1 is 0.852 bits per heavy atom. The van der Waals surface area contributed by atoms with Crippen LogP contribution in [0.4, 0.5) is 0 Å². The van der Waals surface area contributed by atoms with Crippen LogP contribution in [0.15, 0.2) is 78.9 Å². The standard InChI is InChI=1S/C25H29NO/c1-3-9-25(23-13-5-4-6-14-23)26-18-21-11-8-15-24(17-21)27-19-22-12-7-10-20(2)16-22/h4-8,10-17,25-26H,3,9,18-19H2,1-2H3. The van der Waals surface area contributed by atoms with Gasteiger partial charge in [-0.2, -0.15) is 0 Å². The Bertz CT molecular complexity index is 828. The Morgan fingerprint density at radius 3 is 2.41 bits per heavy atom. The third-order valence-corrected chi connectivity index (χ3v) is 4.72. The maximum absolute atomic E-state index is 6.00. The van der Waals surface area contributed by atoms with Gasteiger partial charge in [-0.05, 0) is 42.2 Å². The number of hydrogen-bond donors (Lipinski definition) is 1. The van der Waals surface area contributed by atoms with Crippen LogP contribution in [0.25, 0.3) is 0 Å². The van der Waals surface area contributed by atoms with Crippen molar-refractivity contribution >= 4 is 0 Å². The van der Waals surface area contributed by atoms with Gasteiger partial charge in [-0.25, -0.2) is 0 Å². The molecule has 0 spiro atoms. The molecule has 3 rings (SSSR count). The third kappa shape index (κ3) is 5.97. The highest BCUT2D eigenvalue weighted by molar-refractivity contribution is 5.30. The van der Waals surface area contributed by atoms with Gasteiger partial charge in [0.05, 0.1) is 0 Å². The van der Waals surface area contributed by atoms with E-state index in [0.29, 0.717) is 12.6 Å². The van der Waals surface area contributed by atoms with Crippen molar-refractivity contribution in [2.45, 2.75) is 45.9 Å². The third-order valence-electron chi connectivity index (χ3n) is 4.72. The summed E-state index contributed by atoms with van der Waals surface area (Å²) in [4.78, 5) is 0. The van der Waals surface area contributed by atoms with Gasteiger partial charge in [0.1, 0.15) is 12.4 Å². The van der Waals surface area contributed by atoms with E-state index in [0.717, 1.165) is 25.1 Å². The van der Waals surface area contributed by atoms with E-state index in [2.05, 4.69) is 92.0 Å². The molecular weight excluding hydrogens is 330 g/mol. The highest BCUT2D eigenvalue weighted by atomic mass is 16.5. The van der Waals surface area contributed by atoms with Gasteiger partial charge >= 0.3 is 0 Å². The minimum atomic E-state index is 0.382. The Hall–Kier alpha value is -2.58. The van der Waals surface area contributed by atoms with Crippen LogP contribution in [0.3, 0.4) is 0 Å². The Morgan fingerprint density at radius 2 is 1.63 bits per heavy atom. The fraction of sp³-hybridized carbons (Fsp3) is 0.280. The summed E-state index contributed by atoms with van der Waals surface area (Å²) in [6, 6.07) is 27.9. The summed E-state index contributed by atoms with van der Waals surface area (Å²) in [6.07, 6.45) is 2.29. The van der Waals surface area contributed by atoms with E-state index in [9.17, 15) is 0 Å². The molecule has 1 unspecified atom stereocenters. The van der Waals surface area contributed by atoms with Crippen LogP contribution >= 0.6 is 0 Å². The molecule has 3 aromatic carbocycles. The molecule has 0 radical (unpaired) electrons. The van der Waals surface area contributed by atoms with Crippen molar-refractivity contribution in [3.63, 3.8) is 0 Å². The summed E-state index contributed by atoms with van der Waals surface area (Å²) in [5.74, 6) is 0.919. The molecular formula is C25H29NO. The van der Waals surface area contributed by atoms with Crippen molar-refractivity contribution < 1.29 is 4.74 Å². The molecule has 0 aliphatic heterocycles. The molecule has 1 N–H and O–H groups in total. The van der Waals surface area contributed by atoms with Crippen LogP contribution in [-0.4, -0.2) is 0 Å². The Kier molecular flexibility index (Phi) is 7.06. The number of benzene rings is 3. The number of ether oxygens (including phenoxy) is 1.